The number of carbonyl (C=O) groups is 1. The molecule has 1 aliphatic carbocycles. The topological polar surface area (TPSA) is 132 Å². The number of aromatic nitrogens is 6. The van der Waals surface area contributed by atoms with Crippen LogP contribution in [0, 0.1) is 0 Å². The van der Waals surface area contributed by atoms with E-state index in [-0.39, 0.29) is 37.3 Å². The van der Waals surface area contributed by atoms with Gasteiger partial charge in [-0.05, 0) is 31.2 Å². The molecule has 236 valence electrons. The van der Waals surface area contributed by atoms with E-state index in [4.69, 9.17) is 9.47 Å². The minimum absolute atomic E-state index is 0.0519. The third-order valence-corrected chi connectivity index (χ3v) is 7.73. The number of alkyl halides is 3. The standard InChI is InChI=1S/C30H32F3N9O3/c1-41-16-20(12-38-41)25-14-35-26(15-34-25)42(29(43)37-11-19-5-3-2-4-6-19)22-9-7-21(8-10-22)39-28-36-13-24(30(31,32)33)27(40-28)45-23-17-44-18-23/h2-6,12-16,21-23H,7-11,17-18H2,1H3,(H,37,43)(H,36,39,40). The molecule has 1 saturated carbocycles. The lowest BCUT2D eigenvalue weighted by atomic mass is 9.90. The molecule has 0 bridgehead atoms. The fraction of sp³-hybridized carbons (Fsp3) is 0.400. The van der Waals surface area contributed by atoms with E-state index in [1.54, 1.807) is 28.2 Å². The average molecular weight is 624 g/mol. The molecule has 2 amide bonds. The predicted octanol–water partition coefficient (Wildman–Crippen LogP) is 4.60. The molecule has 45 heavy (non-hydrogen) atoms. The van der Waals surface area contributed by atoms with Gasteiger partial charge >= 0.3 is 12.2 Å². The van der Waals surface area contributed by atoms with Crippen LogP contribution in [0.15, 0.2) is 61.3 Å². The van der Waals surface area contributed by atoms with Crippen LogP contribution in [0.2, 0.25) is 0 Å². The van der Waals surface area contributed by atoms with Gasteiger partial charge in [0.2, 0.25) is 11.8 Å². The number of hydrogen-bond acceptors (Lipinski definition) is 9. The second-order valence-electron chi connectivity index (χ2n) is 11.0. The van der Waals surface area contributed by atoms with Crippen molar-refractivity contribution in [3.8, 4) is 17.1 Å². The molecule has 1 saturated heterocycles. The van der Waals surface area contributed by atoms with Crippen molar-refractivity contribution in [2.75, 3.05) is 23.4 Å². The molecule has 0 spiro atoms. The highest BCUT2D eigenvalue weighted by molar-refractivity contribution is 5.91. The number of aryl methyl sites for hydroxylation is 1. The quantitative estimate of drug-likeness (QED) is 0.275. The molecule has 0 radical (unpaired) electrons. The summed E-state index contributed by atoms with van der Waals surface area (Å²) in [5.74, 6) is -0.0509. The number of anilines is 2. The molecule has 4 heterocycles. The summed E-state index contributed by atoms with van der Waals surface area (Å²) < 4.78 is 52.7. The number of nitrogens with zero attached hydrogens (tertiary/aromatic N) is 7. The normalized spacial score (nSPS) is 18.6. The monoisotopic (exact) mass is 623 g/mol. The first-order valence-electron chi connectivity index (χ1n) is 14.6. The highest BCUT2D eigenvalue weighted by Gasteiger charge is 2.38. The summed E-state index contributed by atoms with van der Waals surface area (Å²) in [6.45, 7) is 0.761. The van der Waals surface area contributed by atoms with Crippen molar-refractivity contribution in [3.05, 3.63) is 72.4 Å². The second kappa shape index (κ2) is 13.1. The van der Waals surface area contributed by atoms with Gasteiger partial charge in [-0.2, -0.15) is 23.3 Å². The van der Waals surface area contributed by atoms with Gasteiger partial charge in [-0.3, -0.25) is 14.6 Å². The Labute approximate surface area is 257 Å². The Bertz CT molecular complexity index is 1590. The number of nitrogens with one attached hydrogen (secondary N) is 2. The lowest BCUT2D eigenvalue weighted by Gasteiger charge is -2.36. The molecule has 1 aliphatic heterocycles. The summed E-state index contributed by atoms with van der Waals surface area (Å²) in [6, 6.07) is 8.99. The minimum atomic E-state index is -4.65. The average Bonchev–Trinajstić information content (AvgIpc) is 3.45. The van der Waals surface area contributed by atoms with Crippen molar-refractivity contribution in [2.45, 2.75) is 56.6 Å². The van der Waals surface area contributed by atoms with E-state index >= 15 is 0 Å². The summed E-state index contributed by atoms with van der Waals surface area (Å²) in [5, 5.41) is 10.3. The summed E-state index contributed by atoms with van der Waals surface area (Å²) >= 11 is 0. The summed E-state index contributed by atoms with van der Waals surface area (Å²) in [6.07, 6.45) is 4.77. The van der Waals surface area contributed by atoms with Crippen LogP contribution in [-0.4, -0.2) is 67.1 Å². The Morgan fingerprint density at radius 1 is 1.04 bits per heavy atom. The van der Waals surface area contributed by atoms with Gasteiger partial charge in [-0.15, -0.1) is 0 Å². The first-order valence-corrected chi connectivity index (χ1v) is 14.6. The molecular formula is C30H32F3N9O3. The van der Waals surface area contributed by atoms with Gasteiger partial charge in [-0.25, -0.2) is 14.8 Å². The molecule has 2 N–H and O–H groups in total. The maximum atomic E-state index is 13.6. The fourth-order valence-electron chi connectivity index (χ4n) is 5.28. The van der Waals surface area contributed by atoms with Crippen molar-refractivity contribution in [2.24, 2.45) is 7.05 Å². The highest BCUT2D eigenvalue weighted by Crippen LogP contribution is 2.36. The zero-order valence-corrected chi connectivity index (χ0v) is 24.4. The molecule has 3 aromatic heterocycles. The number of urea groups is 1. The van der Waals surface area contributed by atoms with Crippen molar-refractivity contribution in [1.29, 1.82) is 0 Å². The summed E-state index contributed by atoms with van der Waals surface area (Å²) in [5.41, 5.74) is 1.37. The van der Waals surface area contributed by atoms with Crippen molar-refractivity contribution in [1.82, 2.24) is 35.0 Å². The summed E-state index contributed by atoms with van der Waals surface area (Å²) in [7, 11) is 1.82. The first-order chi connectivity index (χ1) is 21.7. The number of halogens is 3. The molecule has 2 fully saturated rings. The van der Waals surface area contributed by atoms with Crippen LogP contribution in [0.5, 0.6) is 5.88 Å². The maximum absolute atomic E-state index is 13.6. The fourth-order valence-corrected chi connectivity index (χ4v) is 5.28. The van der Waals surface area contributed by atoms with E-state index in [0.717, 1.165) is 17.3 Å². The molecule has 0 atom stereocenters. The molecular weight excluding hydrogens is 591 g/mol. The van der Waals surface area contributed by atoms with Gasteiger partial charge in [0.1, 0.15) is 11.7 Å². The van der Waals surface area contributed by atoms with Gasteiger partial charge in [0.05, 0.1) is 37.5 Å². The highest BCUT2D eigenvalue weighted by atomic mass is 19.4. The number of carbonyl (C=O) groups excluding carboxylic acids is 1. The van der Waals surface area contributed by atoms with Crippen LogP contribution in [0.25, 0.3) is 11.3 Å². The SMILES string of the molecule is Cn1cc(-c2cnc(N(C(=O)NCc3ccccc3)C3CCC(Nc4ncc(C(F)(F)F)c(OC5COC5)n4)CC3)cn2)cn1. The Balaban J connectivity index is 1.15. The van der Waals surface area contributed by atoms with Gasteiger partial charge < -0.3 is 20.1 Å². The van der Waals surface area contributed by atoms with Crippen molar-refractivity contribution < 1.29 is 27.4 Å². The van der Waals surface area contributed by atoms with E-state index < -0.39 is 23.7 Å². The van der Waals surface area contributed by atoms with Gasteiger partial charge in [-0.1, -0.05) is 30.3 Å². The molecule has 2 aliphatic rings. The predicted molar refractivity (Wildman–Crippen MR) is 157 cm³/mol. The molecule has 4 aromatic rings. The second-order valence-corrected chi connectivity index (χ2v) is 11.0. The summed E-state index contributed by atoms with van der Waals surface area (Å²) in [4.78, 5) is 32.3. The van der Waals surface area contributed by atoms with E-state index in [9.17, 15) is 18.0 Å². The van der Waals surface area contributed by atoms with Crippen LogP contribution in [0.4, 0.5) is 29.7 Å². The largest absolute Gasteiger partial charge is 0.469 e. The van der Waals surface area contributed by atoms with Crippen LogP contribution in [0.1, 0.15) is 36.8 Å². The Morgan fingerprint density at radius 3 is 2.44 bits per heavy atom. The first kappa shape index (κ1) is 30.2. The zero-order valence-electron chi connectivity index (χ0n) is 24.4. The molecule has 1 aromatic carbocycles. The Hall–Kier alpha value is -4.79. The smallest absolute Gasteiger partial charge is 0.423 e. The third-order valence-electron chi connectivity index (χ3n) is 7.73. The molecule has 6 rings (SSSR count). The van der Waals surface area contributed by atoms with Crippen molar-refractivity contribution in [3.63, 3.8) is 0 Å². The van der Waals surface area contributed by atoms with Crippen molar-refractivity contribution >= 4 is 17.8 Å². The minimum Gasteiger partial charge on any atom is -0.469 e. The van der Waals surface area contributed by atoms with E-state index in [1.807, 2.05) is 43.6 Å². The molecule has 0 unspecified atom stereocenters. The lowest BCUT2D eigenvalue weighted by molar-refractivity contribution is -0.142. The zero-order chi connectivity index (χ0) is 31.4. The Kier molecular flexibility index (Phi) is 8.78. The van der Waals surface area contributed by atoms with Crippen LogP contribution in [0.3, 0.4) is 0 Å². The van der Waals surface area contributed by atoms with E-state index in [1.165, 1.54) is 0 Å². The van der Waals surface area contributed by atoms with Gasteiger partial charge in [0.25, 0.3) is 0 Å². The van der Waals surface area contributed by atoms with Gasteiger partial charge in [0, 0.05) is 43.6 Å². The molecule has 15 heteroatoms. The van der Waals surface area contributed by atoms with Gasteiger partial charge in [0.15, 0.2) is 5.82 Å². The van der Waals surface area contributed by atoms with Crippen LogP contribution < -0.4 is 20.3 Å². The lowest BCUT2D eigenvalue weighted by Crippen LogP contribution is -2.49. The maximum Gasteiger partial charge on any atom is 0.423 e. The number of hydrogen-bond donors (Lipinski definition) is 2. The van der Waals surface area contributed by atoms with Crippen LogP contribution in [-0.2, 0) is 24.5 Å². The number of rotatable bonds is 9. The number of amides is 2. The number of ether oxygens (including phenoxy) is 2. The molecule has 12 nitrogen and oxygen atoms in total. The number of benzene rings is 1. The van der Waals surface area contributed by atoms with Crippen LogP contribution >= 0.6 is 0 Å². The Morgan fingerprint density at radius 2 is 1.82 bits per heavy atom. The van der Waals surface area contributed by atoms with E-state index in [2.05, 4.69) is 35.7 Å². The van der Waals surface area contributed by atoms with E-state index in [0.29, 0.717) is 43.7 Å². The third kappa shape index (κ3) is 7.30.